The molecule has 0 aliphatic heterocycles. The van der Waals surface area contributed by atoms with Gasteiger partial charge in [0.05, 0.1) is 0 Å². The van der Waals surface area contributed by atoms with E-state index in [0.717, 1.165) is 0 Å². The standard InChI is InChI=1S/C8H17NO/c1-5-7(10)6(2)8(3,4)9/h6H,5,9H2,1-4H3. The van der Waals surface area contributed by atoms with Gasteiger partial charge >= 0.3 is 0 Å². The van der Waals surface area contributed by atoms with E-state index >= 15 is 0 Å². The largest absolute Gasteiger partial charge is 0.325 e. The minimum Gasteiger partial charge on any atom is -0.325 e. The first-order valence-corrected chi connectivity index (χ1v) is 3.71. The van der Waals surface area contributed by atoms with Gasteiger partial charge in [0.1, 0.15) is 5.78 Å². The molecule has 2 heteroatoms. The molecule has 0 aliphatic rings. The van der Waals surface area contributed by atoms with E-state index in [9.17, 15) is 4.79 Å². The number of ketones is 1. The molecule has 0 aromatic rings. The molecule has 1 unspecified atom stereocenters. The zero-order valence-electron chi connectivity index (χ0n) is 7.27. The summed E-state index contributed by atoms with van der Waals surface area (Å²) in [4.78, 5) is 11.1. The van der Waals surface area contributed by atoms with Crippen molar-refractivity contribution in [1.29, 1.82) is 0 Å². The van der Waals surface area contributed by atoms with Gasteiger partial charge in [-0.25, -0.2) is 0 Å². The second kappa shape index (κ2) is 3.15. The molecule has 2 N–H and O–H groups in total. The van der Waals surface area contributed by atoms with Crippen molar-refractivity contribution in [3.05, 3.63) is 0 Å². The summed E-state index contributed by atoms with van der Waals surface area (Å²) in [6, 6.07) is 0. The minimum absolute atomic E-state index is 0.0301. The van der Waals surface area contributed by atoms with E-state index in [-0.39, 0.29) is 17.2 Å². The van der Waals surface area contributed by atoms with Gasteiger partial charge in [-0.2, -0.15) is 0 Å². The number of nitrogens with two attached hydrogens (primary N) is 1. The first kappa shape index (κ1) is 9.63. The molecule has 0 rings (SSSR count). The van der Waals surface area contributed by atoms with Gasteiger partial charge in [-0.05, 0) is 13.8 Å². The fourth-order valence-electron chi connectivity index (χ4n) is 0.721. The van der Waals surface area contributed by atoms with Crippen LogP contribution in [0.5, 0.6) is 0 Å². The summed E-state index contributed by atoms with van der Waals surface area (Å²) >= 11 is 0. The number of hydrogen-bond acceptors (Lipinski definition) is 2. The van der Waals surface area contributed by atoms with E-state index in [0.29, 0.717) is 6.42 Å². The molecule has 0 radical (unpaired) electrons. The first-order chi connectivity index (χ1) is 4.39. The Bertz CT molecular complexity index is 124. The van der Waals surface area contributed by atoms with Crippen LogP contribution in [0, 0.1) is 5.92 Å². The second-order valence-corrected chi connectivity index (χ2v) is 3.36. The molecule has 60 valence electrons. The maximum atomic E-state index is 11.1. The minimum atomic E-state index is -0.368. The van der Waals surface area contributed by atoms with Crippen molar-refractivity contribution in [3.63, 3.8) is 0 Å². The highest BCUT2D eigenvalue weighted by molar-refractivity contribution is 5.81. The van der Waals surface area contributed by atoms with E-state index in [4.69, 9.17) is 5.73 Å². The smallest absolute Gasteiger partial charge is 0.137 e. The Morgan fingerprint density at radius 3 is 2.10 bits per heavy atom. The highest BCUT2D eigenvalue weighted by Crippen LogP contribution is 2.14. The van der Waals surface area contributed by atoms with Crippen LogP contribution in [-0.4, -0.2) is 11.3 Å². The van der Waals surface area contributed by atoms with Crippen molar-refractivity contribution in [2.75, 3.05) is 0 Å². The average Bonchev–Trinajstić information content (AvgIpc) is 1.83. The highest BCUT2D eigenvalue weighted by atomic mass is 16.1. The summed E-state index contributed by atoms with van der Waals surface area (Å²) < 4.78 is 0. The Kier molecular flexibility index (Phi) is 3.03. The monoisotopic (exact) mass is 143 g/mol. The summed E-state index contributed by atoms with van der Waals surface area (Å²) in [6.07, 6.45) is 0.585. The molecule has 0 spiro atoms. The number of hydrogen-bond donors (Lipinski definition) is 1. The fourth-order valence-corrected chi connectivity index (χ4v) is 0.721. The Hall–Kier alpha value is -0.370. The highest BCUT2D eigenvalue weighted by Gasteiger charge is 2.25. The van der Waals surface area contributed by atoms with E-state index in [1.54, 1.807) is 0 Å². The van der Waals surface area contributed by atoms with Gasteiger partial charge in [-0.3, -0.25) is 4.79 Å². The summed E-state index contributed by atoms with van der Waals surface area (Å²) in [5.74, 6) is 0.213. The van der Waals surface area contributed by atoms with E-state index < -0.39 is 0 Å². The summed E-state index contributed by atoms with van der Waals surface area (Å²) in [6.45, 7) is 7.51. The van der Waals surface area contributed by atoms with Crippen LogP contribution < -0.4 is 5.73 Å². The van der Waals surface area contributed by atoms with Crippen molar-refractivity contribution in [2.24, 2.45) is 11.7 Å². The molecule has 0 fully saturated rings. The summed E-state index contributed by atoms with van der Waals surface area (Å²) in [5.41, 5.74) is 5.37. The van der Waals surface area contributed by atoms with Gasteiger partial charge in [0, 0.05) is 17.9 Å². The summed E-state index contributed by atoms with van der Waals surface area (Å²) in [5, 5.41) is 0. The maximum Gasteiger partial charge on any atom is 0.137 e. The van der Waals surface area contributed by atoms with E-state index in [1.807, 2.05) is 27.7 Å². The molecule has 0 aromatic heterocycles. The topological polar surface area (TPSA) is 43.1 Å². The Balaban J connectivity index is 4.08. The third-order valence-corrected chi connectivity index (χ3v) is 1.95. The summed E-state index contributed by atoms with van der Waals surface area (Å²) in [7, 11) is 0. The first-order valence-electron chi connectivity index (χ1n) is 3.71. The molecular formula is C8H17NO. The average molecular weight is 143 g/mol. The molecule has 0 bridgehead atoms. The Morgan fingerprint density at radius 1 is 1.60 bits per heavy atom. The predicted octanol–water partition coefficient (Wildman–Crippen LogP) is 1.34. The third kappa shape index (κ3) is 2.48. The zero-order valence-corrected chi connectivity index (χ0v) is 7.27. The number of carbonyl (C=O) groups excluding carboxylic acids is 1. The van der Waals surface area contributed by atoms with E-state index in [2.05, 4.69) is 0 Å². The molecule has 0 heterocycles. The molecule has 1 atom stereocenters. The lowest BCUT2D eigenvalue weighted by atomic mass is 9.86. The number of carbonyl (C=O) groups is 1. The molecule has 0 saturated carbocycles. The van der Waals surface area contributed by atoms with Crippen molar-refractivity contribution < 1.29 is 4.79 Å². The SMILES string of the molecule is CCC(=O)C(C)C(C)(C)N. The van der Waals surface area contributed by atoms with Crippen molar-refractivity contribution >= 4 is 5.78 Å². The molecule has 0 aliphatic carbocycles. The van der Waals surface area contributed by atoms with Gasteiger partial charge in [-0.15, -0.1) is 0 Å². The molecule has 0 aromatic carbocycles. The molecule has 10 heavy (non-hydrogen) atoms. The van der Waals surface area contributed by atoms with Crippen molar-refractivity contribution in [2.45, 2.75) is 39.7 Å². The predicted molar refractivity (Wildman–Crippen MR) is 42.7 cm³/mol. The van der Waals surface area contributed by atoms with Gasteiger partial charge in [0.25, 0.3) is 0 Å². The lowest BCUT2D eigenvalue weighted by Gasteiger charge is -2.25. The Labute approximate surface area is 62.8 Å². The molecule has 0 amide bonds. The van der Waals surface area contributed by atoms with E-state index in [1.165, 1.54) is 0 Å². The molecular weight excluding hydrogens is 126 g/mol. The van der Waals surface area contributed by atoms with Crippen LogP contribution >= 0.6 is 0 Å². The van der Waals surface area contributed by atoms with Crippen LogP contribution in [0.2, 0.25) is 0 Å². The normalized spacial score (nSPS) is 14.9. The number of Topliss-reactive ketones (excluding diaryl/α,β-unsaturated/α-hetero) is 1. The van der Waals surface area contributed by atoms with Crippen LogP contribution in [0.4, 0.5) is 0 Å². The lowest BCUT2D eigenvalue weighted by molar-refractivity contribution is -0.123. The zero-order chi connectivity index (χ0) is 8.36. The number of rotatable bonds is 3. The van der Waals surface area contributed by atoms with Gasteiger partial charge in [-0.1, -0.05) is 13.8 Å². The van der Waals surface area contributed by atoms with Gasteiger partial charge in [0.2, 0.25) is 0 Å². The Morgan fingerprint density at radius 2 is 2.00 bits per heavy atom. The van der Waals surface area contributed by atoms with Crippen LogP contribution in [0.25, 0.3) is 0 Å². The van der Waals surface area contributed by atoms with Crippen molar-refractivity contribution in [3.8, 4) is 0 Å². The van der Waals surface area contributed by atoms with Crippen molar-refractivity contribution in [1.82, 2.24) is 0 Å². The molecule has 0 saturated heterocycles. The van der Waals surface area contributed by atoms with Crippen LogP contribution in [-0.2, 0) is 4.79 Å². The quantitative estimate of drug-likeness (QED) is 0.647. The van der Waals surface area contributed by atoms with Crippen LogP contribution in [0.15, 0.2) is 0 Å². The third-order valence-electron chi connectivity index (χ3n) is 1.95. The lowest BCUT2D eigenvalue weighted by Crippen LogP contribution is -2.43. The van der Waals surface area contributed by atoms with Crippen LogP contribution in [0.1, 0.15) is 34.1 Å². The maximum absolute atomic E-state index is 11.1. The van der Waals surface area contributed by atoms with Gasteiger partial charge in [0.15, 0.2) is 0 Å². The van der Waals surface area contributed by atoms with Gasteiger partial charge < -0.3 is 5.73 Å². The fraction of sp³-hybridized carbons (Fsp3) is 0.875. The second-order valence-electron chi connectivity index (χ2n) is 3.36. The van der Waals surface area contributed by atoms with Crippen LogP contribution in [0.3, 0.4) is 0 Å². The molecule has 2 nitrogen and oxygen atoms in total.